The lowest BCUT2D eigenvalue weighted by molar-refractivity contribution is -0.114. The van der Waals surface area contributed by atoms with Crippen molar-refractivity contribution in [3.8, 4) is 0 Å². The van der Waals surface area contributed by atoms with Gasteiger partial charge in [0.2, 0.25) is 15.9 Å². The number of rotatable bonds is 7. The summed E-state index contributed by atoms with van der Waals surface area (Å²) in [5, 5.41) is 11.9. The van der Waals surface area contributed by atoms with E-state index in [0.717, 1.165) is 0 Å². The number of sulfonamides is 1. The molecule has 0 aliphatic heterocycles. The first kappa shape index (κ1) is 16.6. The summed E-state index contributed by atoms with van der Waals surface area (Å²) in [7, 11) is -3.58. The van der Waals surface area contributed by atoms with Crippen molar-refractivity contribution in [3.63, 3.8) is 0 Å². The highest BCUT2D eigenvalue weighted by Crippen LogP contribution is 2.14. The van der Waals surface area contributed by atoms with E-state index in [9.17, 15) is 18.3 Å². The maximum Gasteiger partial charge on any atom is 0.240 e. The van der Waals surface area contributed by atoms with Crippen molar-refractivity contribution >= 4 is 21.6 Å². The van der Waals surface area contributed by atoms with E-state index >= 15 is 0 Å². The van der Waals surface area contributed by atoms with Gasteiger partial charge in [-0.25, -0.2) is 13.1 Å². The van der Waals surface area contributed by atoms with Crippen LogP contribution >= 0.6 is 0 Å². The molecule has 1 aromatic rings. The van der Waals surface area contributed by atoms with Gasteiger partial charge in [0, 0.05) is 19.2 Å². The Kier molecular flexibility index (Phi) is 6.12. The number of aliphatic hydroxyl groups is 1. The van der Waals surface area contributed by atoms with Crippen LogP contribution in [0.1, 0.15) is 26.7 Å². The number of anilines is 1. The average Bonchev–Trinajstić information content (AvgIpc) is 2.38. The van der Waals surface area contributed by atoms with Crippen LogP contribution in [0.15, 0.2) is 29.2 Å². The summed E-state index contributed by atoms with van der Waals surface area (Å²) in [5.74, 6) is -0.215. The van der Waals surface area contributed by atoms with Crippen molar-refractivity contribution in [2.75, 3.05) is 11.9 Å². The van der Waals surface area contributed by atoms with Crippen molar-refractivity contribution in [3.05, 3.63) is 24.3 Å². The van der Waals surface area contributed by atoms with Crippen LogP contribution in [0.4, 0.5) is 5.69 Å². The van der Waals surface area contributed by atoms with Crippen LogP contribution in [0.25, 0.3) is 0 Å². The number of amides is 1. The average molecular weight is 300 g/mol. The summed E-state index contributed by atoms with van der Waals surface area (Å²) in [5.41, 5.74) is 0.540. The lowest BCUT2D eigenvalue weighted by Crippen LogP contribution is -2.27. The van der Waals surface area contributed by atoms with Crippen LogP contribution in [-0.4, -0.2) is 32.1 Å². The van der Waals surface area contributed by atoms with E-state index in [1.165, 1.54) is 31.2 Å². The van der Waals surface area contributed by atoms with E-state index in [4.69, 9.17) is 0 Å². The molecule has 1 unspecified atom stereocenters. The van der Waals surface area contributed by atoms with Crippen LogP contribution in [0.5, 0.6) is 0 Å². The summed E-state index contributed by atoms with van der Waals surface area (Å²) in [6, 6.07) is 5.89. The largest absolute Gasteiger partial charge is 0.393 e. The molecule has 0 radical (unpaired) electrons. The first-order valence-corrected chi connectivity index (χ1v) is 7.89. The van der Waals surface area contributed by atoms with Gasteiger partial charge in [-0.2, -0.15) is 0 Å². The molecule has 7 heteroatoms. The molecule has 0 aliphatic carbocycles. The van der Waals surface area contributed by atoms with E-state index in [2.05, 4.69) is 10.0 Å². The smallest absolute Gasteiger partial charge is 0.240 e. The van der Waals surface area contributed by atoms with Gasteiger partial charge in [0.05, 0.1) is 11.0 Å². The molecule has 0 spiro atoms. The van der Waals surface area contributed by atoms with Crippen LogP contribution in [0, 0.1) is 0 Å². The number of hydrogen-bond donors (Lipinski definition) is 3. The fourth-order valence-electron chi connectivity index (χ4n) is 1.57. The number of carbonyl (C=O) groups is 1. The van der Waals surface area contributed by atoms with E-state index in [1.807, 2.05) is 6.92 Å². The Morgan fingerprint density at radius 1 is 1.30 bits per heavy atom. The monoisotopic (exact) mass is 300 g/mol. The van der Waals surface area contributed by atoms with Gasteiger partial charge in [-0.3, -0.25) is 4.79 Å². The van der Waals surface area contributed by atoms with Gasteiger partial charge in [-0.1, -0.05) is 6.92 Å². The zero-order chi connectivity index (χ0) is 15.2. The Labute approximate surface area is 119 Å². The molecule has 1 amide bonds. The molecule has 3 N–H and O–H groups in total. The van der Waals surface area contributed by atoms with Crippen molar-refractivity contribution in [1.29, 1.82) is 0 Å². The molecule has 0 fully saturated rings. The quantitative estimate of drug-likeness (QED) is 0.702. The summed E-state index contributed by atoms with van der Waals surface area (Å²) < 4.78 is 26.3. The van der Waals surface area contributed by atoms with E-state index in [0.29, 0.717) is 18.5 Å². The molecule has 0 aromatic heterocycles. The first-order valence-electron chi connectivity index (χ1n) is 6.40. The van der Waals surface area contributed by atoms with Crippen molar-refractivity contribution < 1.29 is 18.3 Å². The van der Waals surface area contributed by atoms with E-state index in [1.54, 1.807) is 0 Å². The second kappa shape index (κ2) is 7.37. The van der Waals surface area contributed by atoms with Gasteiger partial charge in [0.25, 0.3) is 0 Å². The maximum absolute atomic E-state index is 12.0. The number of aliphatic hydroxyl groups excluding tert-OH is 1. The molecule has 1 aromatic carbocycles. The van der Waals surface area contributed by atoms with E-state index < -0.39 is 16.1 Å². The maximum atomic E-state index is 12.0. The second-order valence-electron chi connectivity index (χ2n) is 4.45. The molecule has 0 saturated carbocycles. The summed E-state index contributed by atoms with van der Waals surface area (Å²) in [6.45, 7) is 3.40. The summed E-state index contributed by atoms with van der Waals surface area (Å²) in [4.78, 5) is 11.0. The predicted molar refractivity (Wildman–Crippen MR) is 76.8 cm³/mol. The number of benzene rings is 1. The highest BCUT2D eigenvalue weighted by molar-refractivity contribution is 7.89. The summed E-state index contributed by atoms with van der Waals surface area (Å²) >= 11 is 0. The Bertz CT molecular complexity index is 540. The third-order valence-corrected chi connectivity index (χ3v) is 4.20. The minimum Gasteiger partial charge on any atom is -0.393 e. The van der Waals surface area contributed by atoms with Crippen LogP contribution in [-0.2, 0) is 14.8 Å². The zero-order valence-corrected chi connectivity index (χ0v) is 12.4. The molecule has 20 heavy (non-hydrogen) atoms. The molecular weight excluding hydrogens is 280 g/mol. The van der Waals surface area contributed by atoms with Crippen LogP contribution in [0.3, 0.4) is 0 Å². The van der Waals surface area contributed by atoms with Gasteiger partial charge >= 0.3 is 0 Å². The molecular formula is C13H20N2O4S. The van der Waals surface area contributed by atoms with Gasteiger partial charge in [0.15, 0.2) is 0 Å². The molecule has 0 heterocycles. The standard InChI is InChI=1S/C13H20N2O4S/c1-3-12(17)8-9-14-20(18,19)13-6-4-11(5-7-13)15-10(2)16/h4-7,12,14,17H,3,8-9H2,1-2H3,(H,15,16). The third kappa shape index (κ3) is 5.28. The fourth-order valence-corrected chi connectivity index (χ4v) is 2.62. The zero-order valence-electron chi connectivity index (χ0n) is 11.6. The highest BCUT2D eigenvalue weighted by atomic mass is 32.2. The first-order chi connectivity index (χ1) is 9.35. The molecule has 0 saturated heterocycles. The van der Waals surface area contributed by atoms with Gasteiger partial charge < -0.3 is 10.4 Å². The van der Waals surface area contributed by atoms with Crippen LogP contribution in [0.2, 0.25) is 0 Å². The Hall–Kier alpha value is -1.44. The van der Waals surface area contributed by atoms with Gasteiger partial charge in [0.1, 0.15) is 0 Å². The Morgan fingerprint density at radius 2 is 1.90 bits per heavy atom. The summed E-state index contributed by atoms with van der Waals surface area (Å²) in [6.07, 6.45) is 0.465. The highest BCUT2D eigenvalue weighted by Gasteiger charge is 2.14. The molecule has 0 bridgehead atoms. The fraction of sp³-hybridized carbons (Fsp3) is 0.462. The second-order valence-corrected chi connectivity index (χ2v) is 6.22. The van der Waals surface area contributed by atoms with Gasteiger partial charge in [-0.05, 0) is 37.1 Å². The Morgan fingerprint density at radius 3 is 2.40 bits per heavy atom. The molecule has 112 valence electrons. The lowest BCUT2D eigenvalue weighted by Gasteiger charge is -2.10. The number of hydrogen-bond acceptors (Lipinski definition) is 4. The minimum absolute atomic E-state index is 0.123. The van der Waals surface area contributed by atoms with Crippen molar-refractivity contribution in [2.24, 2.45) is 0 Å². The van der Waals surface area contributed by atoms with Gasteiger partial charge in [-0.15, -0.1) is 0 Å². The topological polar surface area (TPSA) is 95.5 Å². The minimum atomic E-state index is -3.58. The molecule has 0 aliphatic rings. The van der Waals surface area contributed by atoms with Crippen molar-refractivity contribution in [1.82, 2.24) is 4.72 Å². The number of nitrogens with one attached hydrogen (secondary N) is 2. The molecule has 1 rings (SSSR count). The SMILES string of the molecule is CCC(O)CCNS(=O)(=O)c1ccc(NC(C)=O)cc1. The number of carbonyl (C=O) groups excluding carboxylic acids is 1. The third-order valence-electron chi connectivity index (χ3n) is 2.73. The molecule has 6 nitrogen and oxygen atoms in total. The van der Waals surface area contributed by atoms with Crippen molar-refractivity contribution in [2.45, 2.75) is 37.7 Å². The van der Waals surface area contributed by atoms with E-state index in [-0.39, 0.29) is 17.3 Å². The normalized spacial score (nSPS) is 12.9. The van der Waals surface area contributed by atoms with Crippen LogP contribution < -0.4 is 10.0 Å². The molecule has 1 atom stereocenters. The predicted octanol–water partition coefficient (Wildman–Crippen LogP) is 1.08. The lowest BCUT2D eigenvalue weighted by atomic mass is 10.2. The Balaban J connectivity index is 2.65.